The van der Waals surface area contributed by atoms with E-state index in [0.717, 1.165) is 6.42 Å². The maximum absolute atomic E-state index is 12.1. The summed E-state index contributed by atoms with van der Waals surface area (Å²) in [6.07, 6.45) is 3.68. The number of amides is 1. The summed E-state index contributed by atoms with van der Waals surface area (Å²) in [4.78, 5) is 26.3. The lowest BCUT2D eigenvalue weighted by Crippen LogP contribution is -2.35. The van der Waals surface area contributed by atoms with Crippen molar-refractivity contribution in [2.45, 2.75) is 38.8 Å². The third-order valence-corrected chi connectivity index (χ3v) is 3.60. The van der Waals surface area contributed by atoms with E-state index in [1.165, 1.54) is 6.33 Å². The molecular weight excluding hydrogens is 284 g/mol. The van der Waals surface area contributed by atoms with Gasteiger partial charge < -0.3 is 19.9 Å². The Morgan fingerprint density at radius 2 is 2.14 bits per heavy atom. The number of hydrogen-bond donors (Lipinski definition) is 1. The molecule has 2 aromatic rings. The first-order valence-electron chi connectivity index (χ1n) is 7.26. The predicted octanol–water partition coefficient (Wildman–Crippen LogP) is 1.59. The van der Waals surface area contributed by atoms with Crippen LogP contribution in [-0.4, -0.2) is 49.2 Å². The molecule has 1 aliphatic rings. The predicted molar refractivity (Wildman–Crippen MR) is 81.2 cm³/mol. The first-order valence-corrected chi connectivity index (χ1v) is 7.26. The van der Waals surface area contributed by atoms with Crippen LogP contribution in [0, 0.1) is 0 Å². The van der Waals surface area contributed by atoms with E-state index < -0.39 is 5.60 Å². The number of anilines is 1. The average Bonchev–Trinajstić information content (AvgIpc) is 3.03. The minimum Gasteiger partial charge on any atom is -0.444 e. The van der Waals surface area contributed by atoms with Gasteiger partial charge in [-0.3, -0.25) is 0 Å². The van der Waals surface area contributed by atoms with Gasteiger partial charge in [0.15, 0.2) is 11.5 Å². The summed E-state index contributed by atoms with van der Waals surface area (Å²) in [5, 5.41) is 0. The Bertz CT molecular complexity index is 705. The minimum atomic E-state index is -0.488. The molecule has 8 heteroatoms. The van der Waals surface area contributed by atoms with E-state index in [4.69, 9.17) is 10.5 Å². The van der Waals surface area contributed by atoms with Crippen LogP contribution >= 0.6 is 0 Å². The lowest BCUT2D eigenvalue weighted by molar-refractivity contribution is 0.0289. The first kappa shape index (κ1) is 14.6. The highest BCUT2D eigenvalue weighted by atomic mass is 16.6. The highest BCUT2D eigenvalue weighted by Crippen LogP contribution is 2.27. The van der Waals surface area contributed by atoms with Crippen molar-refractivity contribution in [3.05, 3.63) is 12.7 Å². The van der Waals surface area contributed by atoms with Crippen molar-refractivity contribution in [2.75, 3.05) is 18.8 Å². The minimum absolute atomic E-state index is 0.117. The fraction of sp³-hybridized carbons (Fsp3) is 0.571. The van der Waals surface area contributed by atoms with E-state index in [1.54, 1.807) is 11.2 Å². The van der Waals surface area contributed by atoms with Gasteiger partial charge in [0.05, 0.1) is 12.4 Å². The van der Waals surface area contributed by atoms with Gasteiger partial charge in [0.2, 0.25) is 0 Å². The largest absolute Gasteiger partial charge is 0.444 e. The van der Waals surface area contributed by atoms with Gasteiger partial charge in [0, 0.05) is 13.1 Å². The first-order chi connectivity index (χ1) is 10.3. The van der Waals surface area contributed by atoms with Gasteiger partial charge in [-0.15, -0.1) is 0 Å². The maximum atomic E-state index is 12.1. The molecule has 1 amide bonds. The molecule has 2 N–H and O–H groups in total. The van der Waals surface area contributed by atoms with Crippen LogP contribution in [0.2, 0.25) is 0 Å². The Morgan fingerprint density at radius 3 is 2.86 bits per heavy atom. The van der Waals surface area contributed by atoms with E-state index in [2.05, 4.69) is 15.0 Å². The highest BCUT2D eigenvalue weighted by molar-refractivity contribution is 5.81. The highest BCUT2D eigenvalue weighted by Gasteiger charge is 2.31. The third kappa shape index (κ3) is 2.68. The van der Waals surface area contributed by atoms with E-state index in [1.807, 2.05) is 25.3 Å². The molecule has 0 radical (unpaired) electrons. The van der Waals surface area contributed by atoms with Gasteiger partial charge in [0.1, 0.15) is 17.4 Å². The van der Waals surface area contributed by atoms with E-state index in [9.17, 15) is 4.79 Å². The molecule has 22 heavy (non-hydrogen) atoms. The molecule has 118 valence electrons. The maximum Gasteiger partial charge on any atom is 0.410 e. The van der Waals surface area contributed by atoms with E-state index in [-0.39, 0.29) is 12.1 Å². The number of ether oxygens (including phenoxy) is 1. The summed E-state index contributed by atoms with van der Waals surface area (Å²) in [5.41, 5.74) is 6.61. The summed E-state index contributed by atoms with van der Waals surface area (Å²) in [5.74, 6) is 0.366. The molecule has 0 unspecified atom stereocenters. The Labute approximate surface area is 128 Å². The van der Waals surface area contributed by atoms with Gasteiger partial charge in [-0.1, -0.05) is 0 Å². The monoisotopic (exact) mass is 304 g/mol. The zero-order chi connectivity index (χ0) is 15.9. The molecule has 1 saturated heterocycles. The quantitative estimate of drug-likeness (QED) is 0.859. The molecule has 0 spiro atoms. The lowest BCUT2D eigenvalue weighted by Gasteiger charge is -2.24. The van der Waals surface area contributed by atoms with Crippen molar-refractivity contribution < 1.29 is 9.53 Å². The summed E-state index contributed by atoms with van der Waals surface area (Å²) < 4.78 is 7.37. The zero-order valence-corrected chi connectivity index (χ0v) is 13.0. The van der Waals surface area contributed by atoms with Crippen LogP contribution in [0.5, 0.6) is 0 Å². The zero-order valence-electron chi connectivity index (χ0n) is 13.0. The number of hydrogen-bond acceptors (Lipinski definition) is 6. The molecule has 0 saturated carbocycles. The van der Waals surface area contributed by atoms with Crippen molar-refractivity contribution in [2.24, 2.45) is 0 Å². The molecule has 1 aliphatic heterocycles. The molecule has 3 rings (SSSR count). The summed E-state index contributed by atoms with van der Waals surface area (Å²) in [6.45, 7) is 6.81. The molecule has 0 aromatic carbocycles. The molecule has 2 aromatic heterocycles. The standard InChI is InChI=1S/C14H20N6O2/c1-14(2,3)22-13(21)19-5-4-9(6-19)20-8-18-10-11(15)16-7-17-12(10)20/h7-9H,4-6H2,1-3H3,(H2,15,16,17)/t9-/m0/s1. The number of fused-ring (bicyclic) bond motifs is 1. The van der Waals surface area contributed by atoms with E-state index >= 15 is 0 Å². The number of nitrogen functional groups attached to an aromatic ring is 1. The summed E-state index contributed by atoms with van der Waals surface area (Å²) >= 11 is 0. The van der Waals surface area contributed by atoms with Gasteiger partial charge in [-0.2, -0.15) is 0 Å². The molecule has 8 nitrogen and oxygen atoms in total. The Hall–Kier alpha value is -2.38. The Balaban J connectivity index is 1.77. The second kappa shape index (κ2) is 5.11. The number of nitrogens with two attached hydrogens (primary N) is 1. The van der Waals surface area contributed by atoms with Crippen LogP contribution in [0.1, 0.15) is 33.2 Å². The van der Waals surface area contributed by atoms with Crippen LogP contribution in [0.3, 0.4) is 0 Å². The number of imidazole rings is 1. The number of carbonyl (C=O) groups excluding carboxylic acids is 1. The van der Waals surface area contributed by atoms with Gasteiger partial charge in [-0.25, -0.2) is 19.7 Å². The molecular formula is C14H20N6O2. The Morgan fingerprint density at radius 1 is 1.36 bits per heavy atom. The normalized spacial score (nSPS) is 18.9. The molecule has 1 atom stereocenters. The molecule has 3 heterocycles. The topological polar surface area (TPSA) is 99.2 Å². The number of likely N-dealkylation sites (tertiary alicyclic amines) is 1. The van der Waals surface area contributed by atoms with Crippen LogP contribution < -0.4 is 5.73 Å². The number of carbonyl (C=O) groups is 1. The average molecular weight is 304 g/mol. The number of nitrogens with zero attached hydrogens (tertiary/aromatic N) is 5. The fourth-order valence-electron chi connectivity index (χ4n) is 2.60. The Kier molecular flexibility index (Phi) is 3.38. The summed E-state index contributed by atoms with van der Waals surface area (Å²) in [6, 6.07) is 0.117. The second-order valence-corrected chi connectivity index (χ2v) is 6.45. The van der Waals surface area contributed by atoms with Gasteiger partial charge in [0.25, 0.3) is 0 Å². The molecule has 0 bridgehead atoms. The van der Waals surface area contributed by atoms with Crippen molar-refractivity contribution in [1.29, 1.82) is 0 Å². The van der Waals surface area contributed by atoms with Crippen LogP contribution in [-0.2, 0) is 4.74 Å². The SMILES string of the molecule is CC(C)(C)OC(=O)N1CC[C@H](n2cnc3c(N)ncnc32)C1. The van der Waals surface area contributed by atoms with Crippen molar-refractivity contribution in [3.8, 4) is 0 Å². The molecule has 1 fully saturated rings. The smallest absolute Gasteiger partial charge is 0.410 e. The van der Waals surface area contributed by atoms with Crippen LogP contribution in [0.4, 0.5) is 10.6 Å². The number of aromatic nitrogens is 4. The van der Waals surface area contributed by atoms with Gasteiger partial charge in [-0.05, 0) is 27.2 Å². The molecule has 0 aliphatic carbocycles. The fourth-order valence-corrected chi connectivity index (χ4v) is 2.60. The third-order valence-electron chi connectivity index (χ3n) is 3.60. The van der Waals surface area contributed by atoms with Crippen LogP contribution in [0.25, 0.3) is 11.2 Å². The van der Waals surface area contributed by atoms with E-state index in [0.29, 0.717) is 30.1 Å². The lowest BCUT2D eigenvalue weighted by atomic mass is 10.2. The van der Waals surface area contributed by atoms with Crippen molar-refractivity contribution >= 4 is 23.1 Å². The van der Waals surface area contributed by atoms with Gasteiger partial charge >= 0.3 is 6.09 Å². The van der Waals surface area contributed by atoms with Crippen molar-refractivity contribution in [1.82, 2.24) is 24.4 Å². The van der Waals surface area contributed by atoms with Crippen molar-refractivity contribution in [3.63, 3.8) is 0 Å². The number of rotatable bonds is 1. The second-order valence-electron chi connectivity index (χ2n) is 6.45. The van der Waals surface area contributed by atoms with Crippen LogP contribution in [0.15, 0.2) is 12.7 Å². The summed E-state index contributed by atoms with van der Waals surface area (Å²) in [7, 11) is 0.